The molecule has 5 nitrogen and oxygen atoms in total. The highest BCUT2D eigenvalue weighted by molar-refractivity contribution is 5.50. The highest BCUT2D eigenvalue weighted by Crippen LogP contribution is 2.22. The van der Waals surface area contributed by atoms with Gasteiger partial charge in [0.25, 0.3) is 5.69 Å². The molecule has 0 fully saturated rings. The minimum atomic E-state index is -0.492. The van der Waals surface area contributed by atoms with E-state index in [1.807, 2.05) is 0 Å². The van der Waals surface area contributed by atoms with E-state index in [9.17, 15) is 10.1 Å². The third kappa shape index (κ3) is 1.45. The van der Waals surface area contributed by atoms with Gasteiger partial charge >= 0.3 is 0 Å². The lowest BCUT2D eigenvalue weighted by Gasteiger charge is -1.95. The fourth-order valence-corrected chi connectivity index (χ4v) is 0.865. The van der Waals surface area contributed by atoms with Gasteiger partial charge in [0.15, 0.2) is 0 Å². The van der Waals surface area contributed by atoms with E-state index in [1.54, 1.807) is 6.92 Å². The molecule has 0 N–H and O–H groups in total. The van der Waals surface area contributed by atoms with Crippen LogP contribution in [0.3, 0.4) is 0 Å². The maximum absolute atomic E-state index is 10.3. The first-order valence-electron chi connectivity index (χ1n) is 3.25. The molecular weight excluding hydrogens is 158 g/mol. The van der Waals surface area contributed by atoms with Crippen LogP contribution in [-0.2, 0) is 0 Å². The fourth-order valence-electron chi connectivity index (χ4n) is 0.865. The molecule has 0 aromatic heterocycles. The second-order valence-electron chi connectivity index (χ2n) is 2.33. The SMILES string of the molecule is Cc1cc([N+](=O)[O-])ccc1N=[N]. The van der Waals surface area contributed by atoms with E-state index in [0.717, 1.165) is 0 Å². The molecular formula is C7H6N3O2. The van der Waals surface area contributed by atoms with Crippen molar-refractivity contribution in [2.24, 2.45) is 5.11 Å². The van der Waals surface area contributed by atoms with Crippen LogP contribution >= 0.6 is 0 Å². The first kappa shape index (κ1) is 8.32. The Kier molecular flexibility index (Phi) is 2.14. The van der Waals surface area contributed by atoms with Gasteiger partial charge in [-0.05, 0) is 24.1 Å². The summed E-state index contributed by atoms with van der Waals surface area (Å²) in [5.74, 6) is 0. The van der Waals surface area contributed by atoms with Gasteiger partial charge in [0.2, 0.25) is 0 Å². The van der Waals surface area contributed by atoms with Gasteiger partial charge in [-0.25, -0.2) is 0 Å². The molecule has 0 bridgehead atoms. The topological polar surface area (TPSA) is 77.8 Å². The van der Waals surface area contributed by atoms with Crippen LogP contribution in [0.1, 0.15) is 5.56 Å². The minimum absolute atomic E-state index is 0.0000926. The third-order valence-corrected chi connectivity index (χ3v) is 1.50. The van der Waals surface area contributed by atoms with E-state index in [4.69, 9.17) is 5.53 Å². The molecule has 0 aliphatic rings. The smallest absolute Gasteiger partial charge is 0.258 e. The van der Waals surface area contributed by atoms with Gasteiger partial charge in [0.05, 0.1) is 10.6 Å². The molecule has 0 saturated carbocycles. The lowest BCUT2D eigenvalue weighted by atomic mass is 10.2. The fraction of sp³-hybridized carbons (Fsp3) is 0.143. The van der Waals surface area contributed by atoms with E-state index < -0.39 is 4.92 Å². The van der Waals surface area contributed by atoms with Crippen LogP contribution in [0.4, 0.5) is 11.4 Å². The molecule has 0 amide bonds. The Morgan fingerprint density at radius 1 is 1.58 bits per heavy atom. The average Bonchev–Trinajstić information content (AvgIpc) is 2.04. The number of rotatable bonds is 2. The van der Waals surface area contributed by atoms with Crippen molar-refractivity contribution in [1.29, 1.82) is 0 Å². The van der Waals surface area contributed by atoms with Crippen LogP contribution in [0.15, 0.2) is 23.3 Å². The van der Waals surface area contributed by atoms with Crippen molar-refractivity contribution in [3.05, 3.63) is 33.9 Å². The van der Waals surface area contributed by atoms with Crippen molar-refractivity contribution in [3.63, 3.8) is 0 Å². The molecule has 1 rings (SSSR count). The van der Waals surface area contributed by atoms with Crippen molar-refractivity contribution in [1.82, 2.24) is 5.53 Å². The maximum Gasteiger partial charge on any atom is 0.269 e. The molecule has 5 heteroatoms. The summed E-state index contributed by atoms with van der Waals surface area (Å²) >= 11 is 0. The molecule has 1 radical (unpaired) electrons. The second-order valence-corrected chi connectivity index (χ2v) is 2.33. The molecule has 0 spiro atoms. The van der Waals surface area contributed by atoms with Gasteiger partial charge in [-0.2, -0.15) is 0 Å². The van der Waals surface area contributed by atoms with Gasteiger partial charge in [0, 0.05) is 12.1 Å². The quantitative estimate of drug-likeness (QED) is 0.379. The number of non-ortho nitro benzene ring substituents is 1. The monoisotopic (exact) mass is 164 g/mol. The molecule has 0 unspecified atom stereocenters. The number of benzene rings is 1. The number of nitro benzene ring substituents is 1. The Hall–Kier alpha value is -1.78. The lowest BCUT2D eigenvalue weighted by Crippen LogP contribution is -1.87. The molecule has 1 aromatic rings. The van der Waals surface area contributed by atoms with Crippen molar-refractivity contribution in [3.8, 4) is 0 Å². The Morgan fingerprint density at radius 3 is 2.67 bits per heavy atom. The molecule has 12 heavy (non-hydrogen) atoms. The lowest BCUT2D eigenvalue weighted by molar-refractivity contribution is -0.384. The van der Waals surface area contributed by atoms with Crippen molar-refractivity contribution < 1.29 is 4.92 Å². The normalized spacial score (nSPS) is 9.42. The molecule has 0 heterocycles. The summed E-state index contributed by atoms with van der Waals surface area (Å²) in [6, 6.07) is 4.05. The Morgan fingerprint density at radius 2 is 2.25 bits per heavy atom. The summed E-state index contributed by atoms with van der Waals surface area (Å²) in [5.41, 5.74) is 9.33. The van der Waals surface area contributed by atoms with Crippen molar-refractivity contribution >= 4 is 11.4 Å². The van der Waals surface area contributed by atoms with Gasteiger partial charge in [-0.3, -0.25) is 10.1 Å². The van der Waals surface area contributed by atoms with E-state index in [1.165, 1.54) is 18.2 Å². The first-order chi connectivity index (χ1) is 5.65. The number of nitro groups is 1. The van der Waals surface area contributed by atoms with Gasteiger partial charge in [-0.15, -0.1) is 5.11 Å². The average molecular weight is 164 g/mol. The van der Waals surface area contributed by atoms with Crippen molar-refractivity contribution in [2.75, 3.05) is 0 Å². The Labute approximate surface area is 68.7 Å². The first-order valence-corrected chi connectivity index (χ1v) is 3.25. The summed E-state index contributed by atoms with van der Waals surface area (Å²) in [5, 5.41) is 13.2. The summed E-state index contributed by atoms with van der Waals surface area (Å²) in [4.78, 5) is 9.77. The zero-order chi connectivity index (χ0) is 9.14. The third-order valence-electron chi connectivity index (χ3n) is 1.50. The zero-order valence-corrected chi connectivity index (χ0v) is 6.39. The molecule has 0 atom stereocenters. The van der Waals surface area contributed by atoms with Crippen LogP contribution in [0.25, 0.3) is 0 Å². The van der Waals surface area contributed by atoms with Gasteiger partial charge in [-0.1, -0.05) is 0 Å². The number of hydrogen-bond acceptors (Lipinski definition) is 3. The Bertz CT molecular complexity index is 335. The summed E-state index contributed by atoms with van der Waals surface area (Å²) in [7, 11) is 0. The second kappa shape index (κ2) is 3.08. The number of hydrogen-bond donors (Lipinski definition) is 0. The van der Waals surface area contributed by atoms with E-state index in [2.05, 4.69) is 5.11 Å². The minimum Gasteiger partial charge on any atom is -0.258 e. The molecule has 0 saturated heterocycles. The highest BCUT2D eigenvalue weighted by Gasteiger charge is 2.06. The van der Waals surface area contributed by atoms with Gasteiger partial charge < -0.3 is 0 Å². The Balaban J connectivity index is 3.18. The summed E-state index contributed by atoms with van der Waals surface area (Å²) in [6.07, 6.45) is 0. The van der Waals surface area contributed by atoms with Crippen molar-refractivity contribution in [2.45, 2.75) is 6.92 Å². The summed E-state index contributed by atoms with van der Waals surface area (Å²) in [6.45, 7) is 1.64. The van der Waals surface area contributed by atoms with Crippen LogP contribution in [0, 0.1) is 17.0 Å². The molecule has 1 aromatic carbocycles. The van der Waals surface area contributed by atoms with E-state index in [-0.39, 0.29) is 5.69 Å². The molecule has 0 aliphatic carbocycles. The van der Waals surface area contributed by atoms with Crippen LogP contribution < -0.4 is 5.53 Å². The predicted octanol–water partition coefficient (Wildman–Crippen LogP) is 1.79. The molecule has 0 aliphatic heterocycles. The number of nitrogens with zero attached hydrogens (tertiary/aromatic N) is 3. The van der Waals surface area contributed by atoms with Crippen LogP contribution in [0.5, 0.6) is 0 Å². The van der Waals surface area contributed by atoms with Crippen LogP contribution in [0.2, 0.25) is 0 Å². The van der Waals surface area contributed by atoms with Gasteiger partial charge in [0.1, 0.15) is 0 Å². The van der Waals surface area contributed by atoms with E-state index >= 15 is 0 Å². The maximum atomic E-state index is 10.3. The predicted molar refractivity (Wildman–Crippen MR) is 42.1 cm³/mol. The standard InChI is InChI=1S/C7H6N3O2/c1-5-4-6(10(11)12)2-3-7(5)9-8/h2-4H,1H3. The highest BCUT2D eigenvalue weighted by atomic mass is 16.6. The largest absolute Gasteiger partial charge is 0.269 e. The zero-order valence-electron chi connectivity index (χ0n) is 6.39. The molecule has 61 valence electrons. The van der Waals surface area contributed by atoms with Crippen LogP contribution in [-0.4, -0.2) is 4.92 Å². The van der Waals surface area contributed by atoms with E-state index in [0.29, 0.717) is 11.3 Å². The number of aryl methyl sites for hydroxylation is 1. The summed E-state index contributed by atoms with van der Waals surface area (Å²) < 4.78 is 0.